The van der Waals surface area contributed by atoms with E-state index in [2.05, 4.69) is 11.2 Å². The van der Waals surface area contributed by atoms with Crippen molar-refractivity contribution in [1.82, 2.24) is 5.32 Å². The molecule has 1 N–H and O–H groups in total. The second-order valence-electron chi connectivity index (χ2n) is 3.74. The Hall–Kier alpha value is -1.69. The minimum atomic E-state index is -0.0740. The highest BCUT2D eigenvalue weighted by Crippen LogP contribution is 2.13. The highest BCUT2D eigenvalue weighted by Gasteiger charge is 2.12. The van der Waals surface area contributed by atoms with E-state index in [1.54, 1.807) is 13.0 Å². The van der Waals surface area contributed by atoms with E-state index in [1.165, 1.54) is 0 Å². The number of hydrogen-bond donors (Lipinski definition) is 1. The first-order valence-corrected chi connectivity index (χ1v) is 5.44. The number of rotatable bonds is 5. The molecule has 0 atom stereocenters. The van der Waals surface area contributed by atoms with Crippen LogP contribution in [0.25, 0.3) is 0 Å². The van der Waals surface area contributed by atoms with Crippen LogP contribution in [-0.4, -0.2) is 12.5 Å². The Morgan fingerprint density at radius 2 is 2.25 bits per heavy atom. The summed E-state index contributed by atoms with van der Waals surface area (Å²) in [6, 6.07) is 1.76. The molecular formula is C13H17NO2. The average molecular weight is 219 g/mol. The van der Waals surface area contributed by atoms with E-state index < -0.39 is 0 Å². The third kappa shape index (κ3) is 3.47. The van der Waals surface area contributed by atoms with Gasteiger partial charge in [0.15, 0.2) is 0 Å². The van der Waals surface area contributed by atoms with E-state index in [1.807, 2.05) is 6.92 Å². The summed E-state index contributed by atoms with van der Waals surface area (Å²) in [5, 5.41) is 2.84. The Bertz CT molecular complexity index is 399. The second kappa shape index (κ2) is 6.02. The first-order chi connectivity index (χ1) is 7.65. The largest absolute Gasteiger partial charge is 0.466 e. The number of terminal acetylenes is 1. The lowest BCUT2D eigenvalue weighted by Crippen LogP contribution is -2.24. The summed E-state index contributed by atoms with van der Waals surface area (Å²) < 4.78 is 5.29. The maximum absolute atomic E-state index is 11.7. The molecule has 0 unspecified atom stereocenters. The number of furan rings is 1. The standard InChI is InChI=1S/C13H17NO2/c1-4-5-6-7-8-14-13(15)12-9-10(2)16-11(12)3/h1,9H,5-8H2,2-3H3,(H,14,15). The molecule has 0 aliphatic carbocycles. The normalized spacial score (nSPS) is 9.81. The van der Waals surface area contributed by atoms with E-state index in [0.717, 1.165) is 25.0 Å². The lowest BCUT2D eigenvalue weighted by Gasteiger charge is -2.02. The number of amides is 1. The van der Waals surface area contributed by atoms with Crippen LogP contribution >= 0.6 is 0 Å². The molecule has 3 heteroatoms. The van der Waals surface area contributed by atoms with Gasteiger partial charge in [-0.25, -0.2) is 0 Å². The van der Waals surface area contributed by atoms with Crippen LogP contribution in [0.5, 0.6) is 0 Å². The minimum Gasteiger partial charge on any atom is -0.466 e. The molecular weight excluding hydrogens is 202 g/mol. The van der Waals surface area contributed by atoms with Gasteiger partial charge in [-0.1, -0.05) is 0 Å². The van der Waals surface area contributed by atoms with Gasteiger partial charge in [-0.15, -0.1) is 12.3 Å². The third-order valence-corrected chi connectivity index (χ3v) is 2.32. The van der Waals surface area contributed by atoms with Crippen molar-refractivity contribution in [3.05, 3.63) is 23.2 Å². The number of carbonyl (C=O) groups is 1. The summed E-state index contributed by atoms with van der Waals surface area (Å²) in [4.78, 5) is 11.7. The number of hydrogen-bond acceptors (Lipinski definition) is 2. The number of carbonyl (C=O) groups excluding carboxylic acids is 1. The fourth-order valence-corrected chi connectivity index (χ4v) is 1.51. The fraction of sp³-hybridized carbons (Fsp3) is 0.462. The highest BCUT2D eigenvalue weighted by molar-refractivity contribution is 5.95. The van der Waals surface area contributed by atoms with Crippen LogP contribution in [0.15, 0.2) is 10.5 Å². The summed E-state index contributed by atoms with van der Waals surface area (Å²) in [7, 11) is 0. The van der Waals surface area contributed by atoms with Crippen molar-refractivity contribution in [3.8, 4) is 12.3 Å². The summed E-state index contributed by atoms with van der Waals surface area (Å²) in [6.45, 7) is 4.28. The van der Waals surface area contributed by atoms with Crippen LogP contribution in [-0.2, 0) is 0 Å². The van der Waals surface area contributed by atoms with Gasteiger partial charge < -0.3 is 9.73 Å². The Kier molecular flexibility index (Phi) is 4.65. The molecule has 0 spiro atoms. The van der Waals surface area contributed by atoms with Gasteiger partial charge in [-0.2, -0.15) is 0 Å². The molecule has 0 radical (unpaired) electrons. The van der Waals surface area contributed by atoms with Crippen LogP contribution in [0.4, 0.5) is 0 Å². The zero-order valence-corrected chi connectivity index (χ0v) is 9.80. The van der Waals surface area contributed by atoms with Crippen LogP contribution < -0.4 is 5.32 Å². The van der Waals surface area contributed by atoms with Gasteiger partial charge in [0, 0.05) is 13.0 Å². The predicted molar refractivity (Wildman–Crippen MR) is 63.2 cm³/mol. The van der Waals surface area contributed by atoms with Crippen molar-refractivity contribution >= 4 is 5.91 Å². The molecule has 0 aromatic carbocycles. The van der Waals surface area contributed by atoms with Crippen molar-refractivity contribution in [2.75, 3.05) is 6.54 Å². The van der Waals surface area contributed by atoms with Gasteiger partial charge in [0.05, 0.1) is 5.56 Å². The van der Waals surface area contributed by atoms with E-state index in [9.17, 15) is 4.79 Å². The van der Waals surface area contributed by atoms with E-state index in [0.29, 0.717) is 17.9 Å². The zero-order valence-electron chi connectivity index (χ0n) is 9.80. The van der Waals surface area contributed by atoms with Gasteiger partial charge in [0.1, 0.15) is 11.5 Å². The van der Waals surface area contributed by atoms with Gasteiger partial charge in [-0.3, -0.25) is 4.79 Å². The van der Waals surface area contributed by atoms with Crippen molar-refractivity contribution in [2.45, 2.75) is 33.1 Å². The van der Waals surface area contributed by atoms with Crippen LogP contribution in [0.2, 0.25) is 0 Å². The zero-order chi connectivity index (χ0) is 12.0. The molecule has 3 nitrogen and oxygen atoms in total. The molecule has 0 aliphatic rings. The van der Waals surface area contributed by atoms with Gasteiger partial charge in [-0.05, 0) is 32.8 Å². The average Bonchev–Trinajstić information content (AvgIpc) is 2.57. The van der Waals surface area contributed by atoms with Crippen molar-refractivity contribution in [1.29, 1.82) is 0 Å². The first-order valence-electron chi connectivity index (χ1n) is 5.44. The monoisotopic (exact) mass is 219 g/mol. The van der Waals surface area contributed by atoms with Gasteiger partial charge in [0.25, 0.3) is 5.91 Å². The first kappa shape index (κ1) is 12.4. The van der Waals surface area contributed by atoms with E-state index in [4.69, 9.17) is 10.8 Å². The number of nitrogens with one attached hydrogen (secondary N) is 1. The molecule has 0 bridgehead atoms. The maximum Gasteiger partial charge on any atom is 0.254 e. The minimum absolute atomic E-state index is 0.0740. The van der Waals surface area contributed by atoms with Crippen molar-refractivity contribution < 1.29 is 9.21 Å². The predicted octanol–water partition coefficient (Wildman–Crippen LogP) is 2.43. The second-order valence-corrected chi connectivity index (χ2v) is 3.74. The molecule has 0 saturated carbocycles. The van der Waals surface area contributed by atoms with Crippen molar-refractivity contribution in [3.63, 3.8) is 0 Å². The third-order valence-electron chi connectivity index (χ3n) is 2.32. The Morgan fingerprint density at radius 3 is 2.81 bits per heavy atom. The number of aryl methyl sites for hydroxylation is 2. The van der Waals surface area contributed by atoms with Crippen LogP contribution in [0.3, 0.4) is 0 Å². The molecule has 0 aliphatic heterocycles. The summed E-state index contributed by atoms with van der Waals surface area (Å²) >= 11 is 0. The molecule has 1 heterocycles. The fourth-order valence-electron chi connectivity index (χ4n) is 1.51. The van der Waals surface area contributed by atoms with Gasteiger partial charge >= 0.3 is 0 Å². The molecule has 0 fully saturated rings. The SMILES string of the molecule is C#CCCCCNC(=O)c1cc(C)oc1C. The molecule has 86 valence electrons. The van der Waals surface area contributed by atoms with Crippen molar-refractivity contribution in [2.24, 2.45) is 0 Å². The maximum atomic E-state index is 11.7. The smallest absolute Gasteiger partial charge is 0.254 e. The Labute approximate surface area is 96.2 Å². The summed E-state index contributed by atoms with van der Waals surface area (Å²) in [6.07, 6.45) is 7.75. The highest BCUT2D eigenvalue weighted by atomic mass is 16.3. The lowest BCUT2D eigenvalue weighted by atomic mass is 10.2. The molecule has 1 aromatic heterocycles. The Morgan fingerprint density at radius 1 is 1.50 bits per heavy atom. The summed E-state index contributed by atoms with van der Waals surface area (Å²) in [5.41, 5.74) is 0.620. The molecule has 1 rings (SSSR count). The lowest BCUT2D eigenvalue weighted by molar-refractivity contribution is 0.0951. The van der Waals surface area contributed by atoms with Crippen LogP contribution in [0.1, 0.15) is 41.1 Å². The topological polar surface area (TPSA) is 42.2 Å². The molecule has 0 saturated heterocycles. The number of unbranched alkanes of at least 4 members (excludes halogenated alkanes) is 2. The van der Waals surface area contributed by atoms with E-state index >= 15 is 0 Å². The van der Waals surface area contributed by atoms with Gasteiger partial charge in [0.2, 0.25) is 0 Å². The molecule has 16 heavy (non-hydrogen) atoms. The van der Waals surface area contributed by atoms with E-state index in [-0.39, 0.29) is 5.91 Å². The quantitative estimate of drug-likeness (QED) is 0.610. The summed E-state index contributed by atoms with van der Waals surface area (Å²) in [5.74, 6) is 3.92. The van der Waals surface area contributed by atoms with Crippen LogP contribution in [0, 0.1) is 26.2 Å². The molecule has 1 amide bonds. The molecule has 1 aromatic rings. The Balaban J connectivity index is 2.36.